The Hall–Kier alpha value is -5.04. The number of nitrogens with zero attached hydrogens (tertiary/aromatic N) is 7. The Labute approximate surface area is 265 Å². The van der Waals surface area contributed by atoms with Crippen molar-refractivity contribution in [1.29, 1.82) is 0 Å². The predicted molar refractivity (Wildman–Crippen MR) is 171 cm³/mol. The summed E-state index contributed by atoms with van der Waals surface area (Å²) in [6.07, 6.45) is 7.25. The van der Waals surface area contributed by atoms with Crippen LogP contribution in [0.15, 0.2) is 47.7 Å². The number of fused-ring (bicyclic) bond motifs is 3. The molecule has 1 unspecified atom stereocenters. The molecule has 46 heavy (non-hydrogen) atoms. The Balaban J connectivity index is 1.19. The molecule has 2 aliphatic heterocycles. The minimum Gasteiger partial charge on any atom is -0.481 e. The number of aliphatic carboxylic acids is 1. The number of carbonyl (C=O) groups is 2. The molecule has 3 N–H and O–H groups in total. The lowest BCUT2D eigenvalue weighted by Gasteiger charge is -2.31. The van der Waals surface area contributed by atoms with Crippen molar-refractivity contribution in [2.75, 3.05) is 34.8 Å². The Morgan fingerprint density at radius 3 is 2.65 bits per heavy atom. The van der Waals surface area contributed by atoms with Gasteiger partial charge in [0.2, 0.25) is 5.95 Å². The number of hydrogen-bond acceptors (Lipinski definition) is 9. The second-order valence-corrected chi connectivity index (χ2v) is 13.1. The summed E-state index contributed by atoms with van der Waals surface area (Å²) < 4.78 is 3.59. The molecule has 13 heteroatoms. The standard InChI is InChI=1S/C33H36N8O5/c1-33(2)14-20-13-25-30(44)41(11-10-40(25)26(20)15-33)28-23(18-42)22(4-7-34-28)21-12-24(29(43)38(3)16-21)36-27-5-8-35-32(37-27)39-9-6-19(17-39)31(45)46/h4-5,7-8,12-13,16,19,42H,6,9-11,14-15,17-18H2,1-3H3,(H,45,46)(H,35,36,37). The first-order valence-electron chi connectivity index (χ1n) is 15.4. The Morgan fingerprint density at radius 2 is 1.89 bits per heavy atom. The summed E-state index contributed by atoms with van der Waals surface area (Å²) in [4.78, 5) is 55.3. The van der Waals surface area contributed by atoms with Crippen molar-refractivity contribution in [1.82, 2.24) is 24.1 Å². The molecule has 1 atom stereocenters. The summed E-state index contributed by atoms with van der Waals surface area (Å²) in [7, 11) is 1.64. The molecule has 0 spiro atoms. The van der Waals surface area contributed by atoms with Crippen LogP contribution in [0, 0.1) is 11.3 Å². The lowest BCUT2D eigenvalue weighted by atomic mass is 9.90. The van der Waals surface area contributed by atoms with Gasteiger partial charge in [0.05, 0.1) is 12.5 Å². The number of rotatable bonds is 7. The minimum absolute atomic E-state index is 0.145. The van der Waals surface area contributed by atoms with Gasteiger partial charge in [0, 0.05) is 68.6 Å². The van der Waals surface area contributed by atoms with E-state index in [0.29, 0.717) is 72.6 Å². The zero-order valence-electron chi connectivity index (χ0n) is 26.0. The molecule has 3 aliphatic rings. The van der Waals surface area contributed by atoms with Crippen LogP contribution in [0.4, 0.5) is 23.3 Å². The molecule has 0 radical (unpaired) electrons. The number of nitrogens with one attached hydrogen (secondary N) is 1. The fourth-order valence-electron chi connectivity index (χ4n) is 7.05. The van der Waals surface area contributed by atoms with E-state index >= 15 is 0 Å². The number of carboxylic acids is 1. The molecule has 1 fully saturated rings. The van der Waals surface area contributed by atoms with Crippen LogP contribution in [-0.4, -0.2) is 65.8 Å². The number of pyridine rings is 2. The van der Waals surface area contributed by atoms with Gasteiger partial charge < -0.3 is 29.6 Å². The maximum Gasteiger partial charge on any atom is 0.308 e. The van der Waals surface area contributed by atoms with E-state index in [4.69, 9.17) is 0 Å². The van der Waals surface area contributed by atoms with E-state index in [0.717, 1.165) is 12.8 Å². The minimum atomic E-state index is -0.842. The monoisotopic (exact) mass is 624 g/mol. The van der Waals surface area contributed by atoms with Crippen LogP contribution in [0.1, 0.15) is 47.6 Å². The number of aliphatic hydroxyl groups is 1. The molecule has 0 aromatic carbocycles. The second kappa shape index (κ2) is 11.1. The van der Waals surface area contributed by atoms with Crippen molar-refractivity contribution in [3.8, 4) is 11.1 Å². The fraction of sp³-hybridized carbons (Fsp3) is 0.394. The van der Waals surface area contributed by atoms with E-state index in [2.05, 4.69) is 38.7 Å². The van der Waals surface area contributed by atoms with Gasteiger partial charge in [-0.15, -0.1) is 0 Å². The summed E-state index contributed by atoms with van der Waals surface area (Å²) in [6.45, 7) is 6.05. The van der Waals surface area contributed by atoms with E-state index in [1.807, 2.05) is 11.0 Å². The predicted octanol–water partition coefficient (Wildman–Crippen LogP) is 2.97. The fourth-order valence-corrected chi connectivity index (χ4v) is 7.05. The van der Waals surface area contributed by atoms with Crippen LogP contribution >= 0.6 is 0 Å². The van der Waals surface area contributed by atoms with Crippen LogP contribution in [0.2, 0.25) is 0 Å². The zero-order chi connectivity index (χ0) is 32.3. The van der Waals surface area contributed by atoms with E-state index in [-0.39, 0.29) is 29.2 Å². The Bertz CT molecular complexity index is 1950. The van der Waals surface area contributed by atoms with E-state index in [9.17, 15) is 24.6 Å². The number of carbonyl (C=O) groups excluding carboxylic acids is 1. The molecule has 0 saturated carbocycles. The van der Waals surface area contributed by atoms with Crippen LogP contribution in [0.3, 0.4) is 0 Å². The Kier molecular flexibility index (Phi) is 7.15. The van der Waals surface area contributed by atoms with Crippen LogP contribution < -0.4 is 20.7 Å². The number of aromatic nitrogens is 5. The number of hydrogen-bond donors (Lipinski definition) is 3. The first-order chi connectivity index (χ1) is 22.0. The summed E-state index contributed by atoms with van der Waals surface area (Å²) in [5, 5.41) is 23.1. The molecule has 0 bridgehead atoms. The van der Waals surface area contributed by atoms with Crippen molar-refractivity contribution in [3.05, 3.63) is 75.7 Å². The molecule has 238 valence electrons. The maximum absolute atomic E-state index is 13.8. The molecular weight excluding hydrogens is 588 g/mol. The third-order valence-electron chi connectivity index (χ3n) is 9.29. The summed E-state index contributed by atoms with van der Waals surface area (Å²) in [5.74, 6) is -0.304. The second-order valence-electron chi connectivity index (χ2n) is 13.1. The first-order valence-corrected chi connectivity index (χ1v) is 15.4. The average molecular weight is 625 g/mol. The number of carboxylic acid groups (broad SMARTS) is 1. The third kappa shape index (κ3) is 5.10. The van der Waals surface area contributed by atoms with E-state index < -0.39 is 11.9 Å². The van der Waals surface area contributed by atoms with Crippen LogP contribution in [0.5, 0.6) is 0 Å². The SMILES string of the molecule is Cn1cc(-c2ccnc(N3CCn4c(cc5c4CC(C)(C)C5)C3=O)c2CO)cc(Nc2ccnc(N3CCC(C(=O)O)C3)n2)c1=O. The third-order valence-corrected chi connectivity index (χ3v) is 9.29. The quantitative estimate of drug-likeness (QED) is 0.279. The zero-order valence-corrected chi connectivity index (χ0v) is 26.0. The summed E-state index contributed by atoms with van der Waals surface area (Å²) >= 11 is 0. The number of amides is 1. The van der Waals surface area contributed by atoms with Crippen molar-refractivity contribution in [2.24, 2.45) is 18.4 Å². The Morgan fingerprint density at radius 1 is 1.09 bits per heavy atom. The molecule has 1 aliphatic carbocycles. The van der Waals surface area contributed by atoms with E-state index in [1.165, 1.54) is 15.8 Å². The van der Waals surface area contributed by atoms with E-state index in [1.54, 1.807) is 48.7 Å². The molecule has 13 nitrogen and oxygen atoms in total. The molecular formula is C33H36N8O5. The molecule has 7 rings (SSSR count). The molecule has 1 saturated heterocycles. The number of aliphatic hydroxyl groups excluding tert-OH is 1. The van der Waals surface area contributed by atoms with Crippen molar-refractivity contribution < 1.29 is 19.8 Å². The highest BCUT2D eigenvalue weighted by Crippen LogP contribution is 2.40. The van der Waals surface area contributed by atoms with Gasteiger partial charge in [0.25, 0.3) is 11.5 Å². The topological polar surface area (TPSA) is 159 Å². The smallest absolute Gasteiger partial charge is 0.308 e. The molecule has 6 heterocycles. The van der Waals surface area contributed by atoms with Gasteiger partial charge in [-0.2, -0.15) is 4.98 Å². The highest BCUT2D eigenvalue weighted by atomic mass is 16.4. The van der Waals surface area contributed by atoms with Crippen molar-refractivity contribution in [2.45, 2.75) is 46.3 Å². The normalized spacial score (nSPS) is 18.5. The van der Waals surface area contributed by atoms with Gasteiger partial charge >= 0.3 is 5.97 Å². The van der Waals surface area contributed by atoms with Gasteiger partial charge in [0.15, 0.2) is 0 Å². The van der Waals surface area contributed by atoms with Crippen molar-refractivity contribution >= 4 is 35.1 Å². The van der Waals surface area contributed by atoms with Crippen molar-refractivity contribution in [3.63, 3.8) is 0 Å². The highest BCUT2D eigenvalue weighted by molar-refractivity contribution is 6.06. The number of aryl methyl sites for hydroxylation is 1. The van der Waals surface area contributed by atoms with Gasteiger partial charge in [-0.05, 0) is 60.1 Å². The highest BCUT2D eigenvalue weighted by Gasteiger charge is 2.37. The van der Waals surface area contributed by atoms with Gasteiger partial charge in [0.1, 0.15) is 23.0 Å². The molecule has 4 aromatic heterocycles. The average Bonchev–Trinajstić information content (AvgIpc) is 3.73. The van der Waals surface area contributed by atoms with Crippen LogP contribution in [0.25, 0.3) is 11.1 Å². The summed E-state index contributed by atoms with van der Waals surface area (Å²) in [6, 6.07) is 7.10. The maximum atomic E-state index is 13.8. The largest absolute Gasteiger partial charge is 0.481 e. The number of anilines is 4. The van der Waals surface area contributed by atoms with Crippen LogP contribution in [-0.2, 0) is 37.8 Å². The van der Waals surface area contributed by atoms with Gasteiger partial charge in [-0.1, -0.05) is 13.8 Å². The summed E-state index contributed by atoms with van der Waals surface area (Å²) in [5.41, 5.74) is 5.03. The lowest BCUT2D eigenvalue weighted by molar-refractivity contribution is -0.140. The lowest BCUT2D eigenvalue weighted by Crippen LogP contribution is -2.41. The molecule has 1 amide bonds. The first kappa shape index (κ1) is 29.7. The van der Waals surface area contributed by atoms with Gasteiger partial charge in [-0.25, -0.2) is 9.97 Å². The molecule has 4 aromatic rings. The van der Waals surface area contributed by atoms with Gasteiger partial charge in [-0.3, -0.25) is 19.3 Å².